The molecule has 0 aromatic heterocycles. The first-order valence-corrected chi connectivity index (χ1v) is 10.2. The van der Waals surface area contributed by atoms with Crippen molar-refractivity contribution in [1.82, 2.24) is 5.32 Å². The third kappa shape index (κ3) is 4.24. The normalized spacial score (nSPS) is 26.4. The molecule has 29 heavy (non-hydrogen) atoms. The molecule has 0 aromatic carbocycles. The lowest BCUT2D eigenvalue weighted by Crippen LogP contribution is -2.63. The fourth-order valence-electron chi connectivity index (χ4n) is 4.64. The van der Waals surface area contributed by atoms with Crippen LogP contribution in [0.3, 0.4) is 0 Å². The maximum Gasteiger partial charge on any atom is 0.339 e. The van der Waals surface area contributed by atoms with E-state index in [1.165, 1.54) is 7.11 Å². The Labute approximate surface area is 170 Å². The van der Waals surface area contributed by atoms with Gasteiger partial charge in [0.05, 0.1) is 33.4 Å². The molecule has 0 bridgehead atoms. The van der Waals surface area contributed by atoms with Crippen molar-refractivity contribution in [3.8, 4) is 0 Å². The summed E-state index contributed by atoms with van der Waals surface area (Å²) in [5, 5.41) is 3.02. The van der Waals surface area contributed by atoms with Crippen LogP contribution in [0.25, 0.3) is 0 Å². The maximum atomic E-state index is 13.1. The van der Waals surface area contributed by atoms with E-state index < -0.39 is 47.3 Å². The van der Waals surface area contributed by atoms with Gasteiger partial charge in [-0.1, -0.05) is 19.3 Å². The summed E-state index contributed by atoms with van der Waals surface area (Å²) in [7, 11) is 2.36. The number of ether oxygens (including phenoxy) is 4. The van der Waals surface area contributed by atoms with Crippen LogP contribution in [0, 0.1) is 17.8 Å². The molecule has 0 radical (unpaired) electrons. The molecule has 1 aliphatic carbocycles. The van der Waals surface area contributed by atoms with Gasteiger partial charge in [-0.3, -0.25) is 14.9 Å². The predicted molar refractivity (Wildman–Crippen MR) is 101 cm³/mol. The Balaban J connectivity index is 2.63. The molecule has 1 N–H and O–H groups in total. The second-order valence-electron chi connectivity index (χ2n) is 7.37. The standard InChI is InChI=1S/C20H31NO8/c1-5-28-18(24)20(19(25)29-6-2)14(17(23)27-4)13(16(22)26-3)15(21-20)12-10-8-7-9-11-12/h12-15,21H,5-11H2,1-4H3/t13-,14-,15-/m1/s1. The number of hydrogen-bond donors (Lipinski definition) is 1. The van der Waals surface area contributed by atoms with Crippen LogP contribution in [0.2, 0.25) is 0 Å². The molecule has 9 heteroatoms. The highest BCUT2D eigenvalue weighted by atomic mass is 16.6. The summed E-state index contributed by atoms with van der Waals surface area (Å²) >= 11 is 0. The number of methoxy groups -OCH3 is 2. The molecule has 1 saturated heterocycles. The molecule has 2 rings (SSSR count). The van der Waals surface area contributed by atoms with Crippen molar-refractivity contribution in [2.24, 2.45) is 17.8 Å². The lowest BCUT2D eigenvalue weighted by Gasteiger charge is -2.31. The van der Waals surface area contributed by atoms with Crippen LogP contribution < -0.4 is 5.32 Å². The minimum atomic E-state index is -2.17. The third-order valence-corrected chi connectivity index (χ3v) is 5.89. The summed E-state index contributed by atoms with van der Waals surface area (Å²) in [5.74, 6) is -6.01. The highest BCUT2D eigenvalue weighted by Crippen LogP contribution is 2.44. The summed E-state index contributed by atoms with van der Waals surface area (Å²) < 4.78 is 20.2. The molecule has 0 aromatic rings. The minimum Gasteiger partial charge on any atom is -0.469 e. The van der Waals surface area contributed by atoms with Crippen LogP contribution in [0.1, 0.15) is 46.0 Å². The molecule has 0 unspecified atom stereocenters. The number of esters is 4. The molecule has 1 heterocycles. The molecular formula is C20H31NO8. The van der Waals surface area contributed by atoms with Gasteiger partial charge >= 0.3 is 23.9 Å². The Kier molecular flexibility index (Phi) is 8.01. The van der Waals surface area contributed by atoms with E-state index in [1.54, 1.807) is 13.8 Å². The first-order valence-electron chi connectivity index (χ1n) is 10.2. The van der Waals surface area contributed by atoms with Gasteiger partial charge < -0.3 is 18.9 Å². The number of rotatable bonds is 7. The largest absolute Gasteiger partial charge is 0.469 e. The number of carbonyl (C=O) groups excluding carboxylic acids is 4. The monoisotopic (exact) mass is 413 g/mol. The fraction of sp³-hybridized carbons (Fsp3) is 0.800. The van der Waals surface area contributed by atoms with Crippen molar-refractivity contribution in [1.29, 1.82) is 0 Å². The summed E-state index contributed by atoms with van der Waals surface area (Å²) in [6, 6.07) is -0.624. The topological polar surface area (TPSA) is 117 Å². The van der Waals surface area contributed by atoms with Gasteiger partial charge in [0, 0.05) is 6.04 Å². The number of hydrogen-bond acceptors (Lipinski definition) is 9. The van der Waals surface area contributed by atoms with Gasteiger partial charge in [-0.2, -0.15) is 0 Å². The van der Waals surface area contributed by atoms with Crippen LogP contribution in [-0.2, 0) is 38.1 Å². The first kappa shape index (κ1) is 23.1. The predicted octanol–water partition coefficient (Wildman–Crippen LogP) is 0.982. The van der Waals surface area contributed by atoms with Gasteiger partial charge in [-0.25, -0.2) is 9.59 Å². The third-order valence-electron chi connectivity index (χ3n) is 5.89. The maximum absolute atomic E-state index is 13.1. The van der Waals surface area contributed by atoms with Crippen molar-refractivity contribution < 1.29 is 38.1 Å². The number of nitrogens with one attached hydrogen (secondary N) is 1. The van der Waals surface area contributed by atoms with Crippen molar-refractivity contribution in [3.63, 3.8) is 0 Å². The Morgan fingerprint density at radius 1 is 0.862 bits per heavy atom. The van der Waals surface area contributed by atoms with Gasteiger partial charge in [-0.05, 0) is 32.6 Å². The second kappa shape index (κ2) is 10.0. The van der Waals surface area contributed by atoms with E-state index in [-0.39, 0.29) is 19.1 Å². The van der Waals surface area contributed by atoms with Gasteiger partial charge in [0.2, 0.25) is 5.54 Å². The van der Waals surface area contributed by atoms with Gasteiger partial charge in [0.1, 0.15) is 5.92 Å². The average molecular weight is 413 g/mol. The van der Waals surface area contributed by atoms with Crippen LogP contribution in [-0.4, -0.2) is 62.9 Å². The lowest BCUT2D eigenvalue weighted by molar-refractivity contribution is -0.175. The van der Waals surface area contributed by atoms with E-state index in [1.807, 2.05) is 0 Å². The van der Waals surface area contributed by atoms with Gasteiger partial charge in [0.25, 0.3) is 0 Å². The lowest BCUT2D eigenvalue weighted by atomic mass is 9.74. The minimum absolute atomic E-state index is 0.00739. The molecule has 2 aliphatic rings. The van der Waals surface area contributed by atoms with Crippen LogP contribution >= 0.6 is 0 Å². The van der Waals surface area contributed by atoms with Crippen LogP contribution in [0.4, 0.5) is 0 Å². The molecule has 1 saturated carbocycles. The SMILES string of the molecule is CCOC(=O)C1(C(=O)OCC)N[C@H](C2CCCCC2)[C@H](C(=O)OC)[C@@H]1C(=O)OC. The molecule has 0 amide bonds. The zero-order valence-corrected chi connectivity index (χ0v) is 17.5. The van der Waals surface area contributed by atoms with E-state index >= 15 is 0 Å². The van der Waals surface area contributed by atoms with E-state index in [0.29, 0.717) is 0 Å². The summed E-state index contributed by atoms with van der Waals surface area (Å²) in [6.45, 7) is 3.17. The quantitative estimate of drug-likeness (QED) is 0.370. The molecule has 164 valence electrons. The van der Waals surface area contributed by atoms with Crippen molar-refractivity contribution in [3.05, 3.63) is 0 Å². The summed E-state index contributed by atoms with van der Waals surface area (Å²) in [6.07, 6.45) is 4.62. The average Bonchev–Trinajstić information content (AvgIpc) is 3.11. The Bertz CT molecular complexity index is 610. The number of carbonyl (C=O) groups is 4. The highest BCUT2D eigenvalue weighted by molar-refractivity contribution is 6.10. The van der Waals surface area contributed by atoms with Gasteiger partial charge in [0.15, 0.2) is 0 Å². The summed E-state index contributed by atoms with van der Waals surface area (Å²) in [4.78, 5) is 51.7. The van der Waals surface area contributed by atoms with Crippen molar-refractivity contribution in [2.75, 3.05) is 27.4 Å². The van der Waals surface area contributed by atoms with Gasteiger partial charge in [-0.15, -0.1) is 0 Å². The smallest absolute Gasteiger partial charge is 0.339 e. The molecular weight excluding hydrogens is 382 g/mol. The van der Waals surface area contributed by atoms with E-state index in [4.69, 9.17) is 18.9 Å². The summed E-state index contributed by atoms with van der Waals surface area (Å²) in [5.41, 5.74) is -2.17. The molecule has 9 nitrogen and oxygen atoms in total. The first-order chi connectivity index (χ1) is 13.9. The molecule has 3 atom stereocenters. The van der Waals surface area contributed by atoms with Crippen LogP contribution in [0.15, 0.2) is 0 Å². The van der Waals surface area contributed by atoms with E-state index in [9.17, 15) is 19.2 Å². The van der Waals surface area contributed by atoms with E-state index in [2.05, 4.69) is 5.32 Å². The fourth-order valence-corrected chi connectivity index (χ4v) is 4.64. The molecule has 0 spiro atoms. The molecule has 1 aliphatic heterocycles. The highest BCUT2D eigenvalue weighted by Gasteiger charge is 2.70. The Morgan fingerprint density at radius 3 is 1.83 bits per heavy atom. The van der Waals surface area contributed by atoms with Crippen LogP contribution in [0.5, 0.6) is 0 Å². The van der Waals surface area contributed by atoms with Crippen molar-refractivity contribution in [2.45, 2.75) is 57.5 Å². The zero-order chi connectivity index (χ0) is 21.6. The van der Waals surface area contributed by atoms with Crippen molar-refractivity contribution >= 4 is 23.9 Å². The second-order valence-corrected chi connectivity index (χ2v) is 7.37. The van der Waals surface area contributed by atoms with E-state index in [0.717, 1.165) is 39.2 Å². The Hall–Kier alpha value is -2.16. The zero-order valence-electron chi connectivity index (χ0n) is 17.5. The Morgan fingerprint density at radius 2 is 1.38 bits per heavy atom. The molecule has 2 fully saturated rings.